The normalized spacial score (nSPS) is 16.1. The Bertz CT molecular complexity index is 753. The summed E-state index contributed by atoms with van der Waals surface area (Å²) in [4.78, 5) is 20.9. The van der Waals surface area contributed by atoms with Crippen molar-refractivity contribution in [2.24, 2.45) is 4.99 Å². The molecule has 1 aromatic carbocycles. The highest BCUT2D eigenvalue weighted by molar-refractivity contribution is 5.91. The second-order valence-corrected chi connectivity index (χ2v) is 6.79. The molecule has 1 aliphatic heterocycles. The van der Waals surface area contributed by atoms with Gasteiger partial charge < -0.3 is 24.6 Å². The molecule has 1 atom stereocenters. The van der Waals surface area contributed by atoms with Crippen LogP contribution in [0.2, 0.25) is 0 Å². The van der Waals surface area contributed by atoms with Crippen molar-refractivity contribution in [2.75, 3.05) is 39.3 Å². The molecule has 1 aliphatic rings. The molecule has 0 bridgehead atoms. The summed E-state index contributed by atoms with van der Waals surface area (Å²) in [5, 5.41) is 13.6. The van der Waals surface area contributed by atoms with Gasteiger partial charge >= 0.3 is 0 Å². The average molecular weight is 384 g/mol. The molecule has 1 saturated heterocycles. The Morgan fingerprint density at radius 2 is 1.86 bits per heavy atom. The van der Waals surface area contributed by atoms with E-state index in [-0.39, 0.29) is 5.91 Å². The summed E-state index contributed by atoms with van der Waals surface area (Å²) < 4.78 is 5.21. The average Bonchev–Trinajstić information content (AvgIpc) is 3.26. The smallest absolute Gasteiger partial charge is 0.289 e. The number of carbonyl (C=O) groups excluding carboxylic acids is 1. The lowest BCUT2D eigenvalue weighted by Gasteiger charge is -2.36. The maximum Gasteiger partial charge on any atom is 0.289 e. The Balaban J connectivity index is 1.53. The lowest BCUT2D eigenvalue weighted by Crippen LogP contribution is -2.53. The fourth-order valence-electron chi connectivity index (χ4n) is 3.25. The second-order valence-electron chi connectivity index (χ2n) is 6.79. The fourth-order valence-corrected chi connectivity index (χ4v) is 3.25. The van der Waals surface area contributed by atoms with E-state index in [0.717, 1.165) is 18.1 Å². The number of aliphatic hydroxyl groups excluding tert-OH is 1. The van der Waals surface area contributed by atoms with E-state index >= 15 is 0 Å². The minimum Gasteiger partial charge on any atom is -0.459 e. The number of aliphatic imine (C=N–C) groups is 1. The number of nitrogens with zero attached hydrogens (tertiary/aromatic N) is 3. The van der Waals surface area contributed by atoms with Crippen molar-refractivity contribution in [1.29, 1.82) is 0 Å². The summed E-state index contributed by atoms with van der Waals surface area (Å²) in [5.74, 6) is 1.07. The van der Waals surface area contributed by atoms with Crippen molar-refractivity contribution in [3.63, 3.8) is 0 Å². The third-order valence-corrected chi connectivity index (χ3v) is 4.70. The number of aliphatic hydroxyl groups is 1. The van der Waals surface area contributed by atoms with Crippen LogP contribution < -0.4 is 5.32 Å². The zero-order valence-electron chi connectivity index (χ0n) is 16.3. The molecule has 0 radical (unpaired) electrons. The van der Waals surface area contributed by atoms with Crippen LogP contribution in [0.5, 0.6) is 0 Å². The number of guanidine groups is 1. The number of rotatable bonds is 6. The summed E-state index contributed by atoms with van der Waals surface area (Å²) >= 11 is 0. The summed E-state index contributed by atoms with van der Waals surface area (Å²) in [5.41, 5.74) is 1.10. The molecule has 0 aliphatic carbocycles. The molecule has 28 heavy (non-hydrogen) atoms. The first kappa shape index (κ1) is 19.9. The third-order valence-electron chi connectivity index (χ3n) is 4.70. The zero-order valence-corrected chi connectivity index (χ0v) is 16.3. The van der Waals surface area contributed by atoms with Gasteiger partial charge in [-0.15, -0.1) is 0 Å². The molecule has 2 aromatic rings. The van der Waals surface area contributed by atoms with E-state index in [1.54, 1.807) is 17.0 Å². The van der Waals surface area contributed by atoms with Crippen LogP contribution in [0, 0.1) is 0 Å². The molecule has 7 heteroatoms. The van der Waals surface area contributed by atoms with Gasteiger partial charge in [-0.25, -0.2) is 0 Å². The molecular weight excluding hydrogens is 356 g/mol. The Kier molecular flexibility index (Phi) is 7.08. The van der Waals surface area contributed by atoms with Gasteiger partial charge in [-0.2, -0.15) is 0 Å². The van der Waals surface area contributed by atoms with Crippen LogP contribution in [0.1, 0.15) is 23.0 Å². The monoisotopic (exact) mass is 384 g/mol. The number of hydrogen-bond acceptors (Lipinski definition) is 4. The number of amides is 1. The quantitative estimate of drug-likeness (QED) is 0.584. The second kappa shape index (κ2) is 9.94. The zero-order chi connectivity index (χ0) is 19.8. The highest BCUT2D eigenvalue weighted by Gasteiger charge is 2.25. The van der Waals surface area contributed by atoms with Crippen LogP contribution >= 0.6 is 0 Å². The number of furan rings is 1. The van der Waals surface area contributed by atoms with Gasteiger partial charge in [0.1, 0.15) is 0 Å². The Hall–Kier alpha value is -2.80. The van der Waals surface area contributed by atoms with Crippen molar-refractivity contribution < 1.29 is 14.3 Å². The van der Waals surface area contributed by atoms with E-state index in [4.69, 9.17) is 4.42 Å². The number of nitrogens with one attached hydrogen (secondary N) is 1. The van der Waals surface area contributed by atoms with Gasteiger partial charge in [-0.1, -0.05) is 30.3 Å². The van der Waals surface area contributed by atoms with Crippen molar-refractivity contribution in [3.8, 4) is 0 Å². The Morgan fingerprint density at radius 3 is 2.50 bits per heavy atom. The SMILES string of the molecule is CCNC(=NCC(O)Cc1ccccc1)N1CCN(C(=O)c2ccco2)CC1. The molecule has 1 amide bonds. The van der Waals surface area contributed by atoms with Crippen molar-refractivity contribution in [2.45, 2.75) is 19.4 Å². The molecule has 0 spiro atoms. The highest BCUT2D eigenvalue weighted by Crippen LogP contribution is 2.10. The number of hydrogen-bond donors (Lipinski definition) is 2. The topological polar surface area (TPSA) is 81.3 Å². The predicted molar refractivity (Wildman–Crippen MR) is 108 cm³/mol. The molecule has 0 saturated carbocycles. The maximum atomic E-state index is 12.4. The molecule has 7 nitrogen and oxygen atoms in total. The molecule has 150 valence electrons. The Labute approximate surface area is 165 Å². The van der Waals surface area contributed by atoms with E-state index in [1.807, 2.05) is 37.3 Å². The van der Waals surface area contributed by atoms with Crippen LogP contribution in [-0.4, -0.2) is 72.1 Å². The Morgan fingerprint density at radius 1 is 1.14 bits per heavy atom. The molecule has 1 unspecified atom stereocenters. The van der Waals surface area contributed by atoms with Gasteiger partial charge in [0, 0.05) is 39.1 Å². The van der Waals surface area contributed by atoms with E-state index in [0.29, 0.717) is 44.9 Å². The van der Waals surface area contributed by atoms with Gasteiger partial charge in [0.25, 0.3) is 5.91 Å². The molecular formula is C21H28N4O3. The summed E-state index contributed by atoms with van der Waals surface area (Å²) in [6, 6.07) is 13.3. The highest BCUT2D eigenvalue weighted by atomic mass is 16.3. The van der Waals surface area contributed by atoms with E-state index in [9.17, 15) is 9.90 Å². The van der Waals surface area contributed by atoms with Crippen molar-refractivity contribution in [3.05, 3.63) is 60.1 Å². The summed E-state index contributed by atoms with van der Waals surface area (Å²) in [6.07, 6.45) is 1.56. The van der Waals surface area contributed by atoms with Gasteiger partial charge in [-0.3, -0.25) is 9.79 Å². The maximum absolute atomic E-state index is 12.4. The molecule has 2 heterocycles. The number of benzene rings is 1. The van der Waals surface area contributed by atoms with Crippen LogP contribution in [0.4, 0.5) is 0 Å². The largest absolute Gasteiger partial charge is 0.459 e. The predicted octanol–water partition coefficient (Wildman–Crippen LogP) is 1.61. The van der Waals surface area contributed by atoms with E-state index in [1.165, 1.54) is 6.26 Å². The van der Waals surface area contributed by atoms with Gasteiger partial charge in [0.15, 0.2) is 11.7 Å². The van der Waals surface area contributed by atoms with E-state index < -0.39 is 6.10 Å². The molecule has 1 fully saturated rings. The molecule has 1 aromatic heterocycles. The third kappa shape index (κ3) is 5.36. The van der Waals surface area contributed by atoms with Crippen LogP contribution in [0.25, 0.3) is 0 Å². The van der Waals surface area contributed by atoms with Gasteiger partial charge in [0.05, 0.1) is 18.9 Å². The molecule has 3 rings (SSSR count). The minimum absolute atomic E-state index is 0.0788. The first-order chi connectivity index (χ1) is 13.7. The van der Waals surface area contributed by atoms with E-state index in [2.05, 4.69) is 15.2 Å². The van der Waals surface area contributed by atoms with Crippen LogP contribution in [-0.2, 0) is 6.42 Å². The first-order valence-corrected chi connectivity index (χ1v) is 9.75. The van der Waals surface area contributed by atoms with Crippen molar-refractivity contribution >= 4 is 11.9 Å². The number of carbonyl (C=O) groups is 1. The standard InChI is InChI=1S/C21H28N4O3/c1-2-22-21(23-16-18(26)15-17-7-4-3-5-8-17)25-12-10-24(11-13-25)20(27)19-9-6-14-28-19/h3-9,14,18,26H,2,10-13,15-16H2,1H3,(H,22,23). The fraction of sp³-hybridized carbons (Fsp3) is 0.429. The summed E-state index contributed by atoms with van der Waals surface area (Å²) in [7, 11) is 0. The van der Waals surface area contributed by atoms with Gasteiger partial charge in [-0.05, 0) is 24.6 Å². The van der Waals surface area contributed by atoms with Crippen molar-refractivity contribution in [1.82, 2.24) is 15.1 Å². The molecule has 2 N–H and O–H groups in total. The van der Waals surface area contributed by atoms with Gasteiger partial charge in [0.2, 0.25) is 0 Å². The first-order valence-electron chi connectivity index (χ1n) is 9.75. The minimum atomic E-state index is -0.530. The van der Waals surface area contributed by atoms with Crippen LogP contribution in [0.3, 0.4) is 0 Å². The summed E-state index contributed by atoms with van der Waals surface area (Å²) in [6.45, 7) is 5.70. The lowest BCUT2D eigenvalue weighted by molar-refractivity contribution is 0.0657. The van der Waals surface area contributed by atoms with Crippen LogP contribution in [0.15, 0.2) is 58.1 Å². The lowest BCUT2D eigenvalue weighted by atomic mass is 10.1. The number of piperazine rings is 1.